The summed E-state index contributed by atoms with van der Waals surface area (Å²) in [5.74, 6) is 0.145. The fourth-order valence-corrected chi connectivity index (χ4v) is 3.98. The number of hydrogen-bond acceptors (Lipinski definition) is 6. The van der Waals surface area contributed by atoms with Gasteiger partial charge in [-0.25, -0.2) is 0 Å². The maximum atomic E-state index is 13.0. The van der Waals surface area contributed by atoms with E-state index >= 15 is 0 Å². The topological polar surface area (TPSA) is 72.2 Å². The summed E-state index contributed by atoms with van der Waals surface area (Å²) in [7, 11) is 2.94. The van der Waals surface area contributed by atoms with Gasteiger partial charge in [0.2, 0.25) is 5.91 Å². The quantitative estimate of drug-likeness (QED) is 0.438. The number of piperazine rings is 1. The van der Waals surface area contributed by atoms with Crippen LogP contribution in [0.5, 0.6) is 5.75 Å². The molecule has 1 fully saturated rings. The molecule has 13 heteroatoms. The molecule has 180 valence electrons. The third kappa shape index (κ3) is 5.47. The smallest absolute Gasteiger partial charge is 0.436 e. The number of aromatic nitrogens is 2. The molecule has 2 aromatic rings. The lowest BCUT2D eigenvalue weighted by atomic mass is 10.1. The Bertz CT molecular complexity index is 1050. The summed E-state index contributed by atoms with van der Waals surface area (Å²) in [5, 5.41) is 7.21. The summed E-state index contributed by atoms with van der Waals surface area (Å²) in [6.07, 6.45) is -3.16. The van der Waals surface area contributed by atoms with E-state index in [9.17, 15) is 18.0 Å². The minimum absolute atomic E-state index is 0.0892. The first-order chi connectivity index (χ1) is 15.6. The van der Waals surface area contributed by atoms with E-state index in [-0.39, 0.29) is 18.1 Å². The molecular formula is C20H22Cl2F3N5O3. The van der Waals surface area contributed by atoms with Crippen LogP contribution in [0, 0.1) is 6.92 Å². The predicted octanol–water partition coefficient (Wildman–Crippen LogP) is 3.85. The molecule has 1 aromatic carbocycles. The van der Waals surface area contributed by atoms with Gasteiger partial charge in [-0.1, -0.05) is 28.4 Å². The summed E-state index contributed by atoms with van der Waals surface area (Å²) in [6, 6.07) is 3.49. The highest BCUT2D eigenvalue weighted by Crippen LogP contribution is 2.35. The third-order valence-corrected chi connectivity index (χ3v) is 6.01. The zero-order valence-electron chi connectivity index (χ0n) is 18.1. The van der Waals surface area contributed by atoms with Gasteiger partial charge in [0, 0.05) is 43.5 Å². The molecule has 0 aliphatic carbocycles. The molecule has 0 N–H and O–H groups in total. The average Bonchev–Trinajstić information content (AvgIpc) is 3.06. The van der Waals surface area contributed by atoms with Crippen molar-refractivity contribution in [2.24, 2.45) is 5.16 Å². The molecule has 1 aromatic heterocycles. The molecule has 0 atom stereocenters. The van der Waals surface area contributed by atoms with Crippen molar-refractivity contribution in [2.45, 2.75) is 19.6 Å². The minimum Gasteiger partial charge on any atom is -0.495 e. The van der Waals surface area contributed by atoms with Crippen molar-refractivity contribution < 1.29 is 27.5 Å². The van der Waals surface area contributed by atoms with Crippen LogP contribution in [0.3, 0.4) is 0 Å². The number of benzene rings is 1. The van der Waals surface area contributed by atoms with Crippen LogP contribution in [-0.4, -0.2) is 67.2 Å². The van der Waals surface area contributed by atoms with E-state index in [0.717, 1.165) is 10.4 Å². The monoisotopic (exact) mass is 507 g/mol. The van der Waals surface area contributed by atoms with Gasteiger partial charge >= 0.3 is 6.18 Å². The molecule has 0 bridgehead atoms. The Labute approximate surface area is 198 Å². The molecule has 8 nitrogen and oxygen atoms in total. The van der Waals surface area contributed by atoms with Crippen LogP contribution >= 0.6 is 23.2 Å². The molecule has 3 rings (SSSR count). The molecule has 33 heavy (non-hydrogen) atoms. The lowest BCUT2D eigenvalue weighted by Gasteiger charge is -2.37. The first-order valence-electron chi connectivity index (χ1n) is 9.83. The Morgan fingerprint density at radius 1 is 1.21 bits per heavy atom. The van der Waals surface area contributed by atoms with Crippen LogP contribution in [0.25, 0.3) is 0 Å². The van der Waals surface area contributed by atoms with Crippen LogP contribution in [0.4, 0.5) is 18.9 Å². The van der Waals surface area contributed by atoms with Gasteiger partial charge in [0.05, 0.1) is 29.1 Å². The maximum absolute atomic E-state index is 13.0. The van der Waals surface area contributed by atoms with Crippen molar-refractivity contribution in [3.63, 3.8) is 0 Å². The standard InChI is InChI=1S/C20H22Cl2F3N5O3/c1-12-18(22)19(20(23,24)25)27-30(12)11-17(31)29-6-4-28(5-7-29)15-9-16(32-2)14(21)8-13(15)10-26-33-3/h8-10H,4-7,11H2,1-3H3/b26-10+. The Hall–Kier alpha value is -2.66. The van der Waals surface area contributed by atoms with Gasteiger partial charge in [-0.15, -0.1) is 0 Å². The van der Waals surface area contributed by atoms with Crippen molar-refractivity contribution in [1.29, 1.82) is 0 Å². The van der Waals surface area contributed by atoms with Crippen molar-refractivity contribution >= 4 is 41.0 Å². The van der Waals surface area contributed by atoms with Crippen LogP contribution in [0.1, 0.15) is 17.0 Å². The highest BCUT2D eigenvalue weighted by molar-refractivity contribution is 6.32. The number of halogens is 5. The van der Waals surface area contributed by atoms with E-state index in [2.05, 4.69) is 10.3 Å². The van der Waals surface area contributed by atoms with E-state index in [1.54, 1.807) is 17.0 Å². The molecule has 0 spiro atoms. The number of oxime groups is 1. The largest absolute Gasteiger partial charge is 0.495 e. The van der Waals surface area contributed by atoms with Gasteiger partial charge in [-0.3, -0.25) is 9.48 Å². The van der Waals surface area contributed by atoms with Gasteiger partial charge in [0.1, 0.15) is 19.4 Å². The second kappa shape index (κ2) is 10.1. The summed E-state index contributed by atoms with van der Waals surface area (Å²) in [6.45, 7) is 2.76. The Kier molecular flexibility index (Phi) is 7.63. The molecule has 1 saturated heterocycles. The summed E-state index contributed by atoms with van der Waals surface area (Å²) in [5.41, 5.74) is 0.408. The van der Waals surface area contributed by atoms with Crippen LogP contribution in [0.2, 0.25) is 10.0 Å². The Morgan fingerprint density at radius 2 is 1.88 bits per heavy atom. The van der Waals surface area contributed by atoms with E-state index < -0.39 is 16.9 Å². The summed E-state index contributed by atoms with van der Waals surface area (Å²) >= 11 is 12.0. The Balaban J connectivity index is 1.72. The van der Waals surface area contributed by atoms with E-state index in [1.165, 1.54) is 27.4 Å². The predicted molar refractivity (Wildman–Crippen MR) is 118 cm³/mol. The fraction of sp³-hybridized carbons (Fsp3) is 0.450. The Morgan fingerprint density at radius 3 is 2.42 bits per heavy atom. The maximum Gasteiger partial charge on any atom is 0.436 e. The first kappa shape index (κ1) is 25.0. The van der Waals surface area contributed by atoms with Gasteiger partial charge in [-0.2, -0.15) is 18.3 Å². The summed E-state index contributed by atoms with van der Waals surface area (Å²) < 4.78 is 45.4. The molecule has 1 amide bonds. The number of hydrogen-bond donors (Lipinski definition) is 0. The van der Waals surface area contributed by atoms with E-state index in [4.69, 9.17) is 32.8 Å². The van der Waals surface area contributed by atoms with Crippen molar-refractivity contribution in [1.82, 2.24) is 14.7 Å². The van der Waals surface area contributed by atoms with Gasteiger partial charge in [0.25, 0.3) is 0 Å². The van der Waals surface area contributed by atoms with Crippen LogP contribution in [0.15, 0.2) is 17.3 Å². The zero-order chi connectivity index (χ0) is 24.3. The van der Waals surface area contributed by atoms with Crippen molar-refractivity contribution in [2.75, 3.05) is 45.3 Å². The first-order valence-corrected chi connectivity index (χ1v) is 10.6. The third-order valence-electron chi connectivity index (χ3n) is 5.26. The average molecular weight is 508 g/mol. The lowest BCUT2D eigenvalue weighted by molar-refractivity contribution is -0.142. The second-order valence-electron chi connectivity index (χ2n) is 7.23. The number of carbonyl (C=O) groups is 1. The number of methoxy groups -OCH3 is 1. The number of rotatable bonds is 6. The molecular weight excluding hydrogens is 486 g/mol. The number of ether oxygens (including phenoxy) is 1. The molecule has 2 heterocycles. The van der Waals surface area contributed by atoms with Crippen molar-refractivity contribution in [3.05, 3.63) is 39.1 Å². The van der Waals surface area contributed by atoms with Gasteiger partial charge < -0.3 is 19.4 Å². The van der Waals surface area contributed by atoms with E-state index in [0.29, 0.717) is 42.5 Å². The van der Waals surface area contributed by atoms with Crippen LogP contribution < -0.4 is 9.64 Å². The number of alkyl halides is 3. The highest BCUT2D eigenvalue weighted by atomic mass is 35.5. The number of amides is 1. The fourth-order valence-electron chi connectivity index (χ4n) is 3.49. The van der Waals surface area contributed by atoms with Crippen molar-refractivity contribution in [3.8, 4) is 5.75 Å². The van der Waals surface area contributed by atoms with Gasteiger partial charge in [-0.05, 0) is 13.0 Å². The zero-order valence-corrected chi connectivity index (χ0v) is 19.6. The molecule has 0 unspecified atom stereocenters. The van der Waals surface area contributed by atoms with Gasteiger partial charge in [0.15, 0.2) is 5.69 Å². The highest BCUT2D eigenvalue weighted by Gasteiger charge is 2.38. The normalized spacial score (nSPS) is 14.8. The number of carbonyl (C=O) groups excluding carboxylic acids is 1. The minimum atomic E-state index is -4.69. The summed E-state index contributed by atoms with van der Waals surface area (Å²) in [4.78, 5) is 21.1. The molecule has 1 aliphatic heterocycles. The number of nitrogens with zero attached hydrogens (tertiary/aromatic N) is 5. The van der Waals surface area contributed by atoms with Crippen LogP contribution in [-0.2, 0) is 22.4 Å². The second-order valence-corrected chi connectivity index (χ2v) is 8.02. The number of anilines is 1. The lowest BCUT2D eigenvalue weighted by Crippen LogP contribution is -2.50. The molecule has 1 aliphatic rings. The SMILES string of the molecule is CO/N=C/c1cc(Cl)c(OC)cc1N1CCN(C(=O)Cn2nc(C(F)(F)F)c(Cl)c2C)CC1. The molecule has 0 saturated carbocycles. The molecule has 0 radical (unpaired) electrons. The van der Waals surface area contributed by atoms with E-state index in [1.807, 2.05) is 4.90 Å².